The molecule has 1 N–H and O–H groups in total. The van der Waals surface area contributed by atoms with Crippen LogP contribution in [0.4, 0.5) is 10.8 Å². The Hall–Kier alpha value is -2.13. The summed E-state index contributed by atoms with van der Waals surface area (Å²) < 4.78 is 5.85. The number of aromatic nitrogens is 2. The molecule has 1 aromatic heterocycles. The second kappa shape index (κ2) is 10.9. The molecule has 0 spiro atoms. The monoisotopic (exact) mass is 462 g/mol. The van der Waals surface area contributed by atoms with Crippen LogP contribution in [0.1, 0.15) is 52.0 Å². The lowest BCUT2D eigenvalue weighted by molar-refractivity contribution is -0.151. The van der Waals surface area contributed by atoms with Crippen LogP contribution in [-0.2, 0) is 14.3 Å². The van der Waals surface area contributed by atoms with Crippen LogP contribution in [-0.4, -0.2) is 51.9 Å². The zero-order valence-electron chi connectivity index (χ0n) is 18.5. The molecule has 2 aromatic rings. The fourth-order valence-electron chi connectivity index (χ4n) is 3.44. The average Bonchev–Trinajstić information content (AvgIpc) is 3.20. The number of hydrogen-bond acceptors (Lipinski definition) is 8. The molecule has 1 saturated heterocycles. The molecule has 7 nitrogen and oxygen atoms in total. The number of likely N-dealkylation sites (tertiary alicyclic amines) is 1. The highest BCUT2D eigenvalue weighted by molar-refractivity contribution is 8.02. The predicted molar refractivity (Wildman–Crippen MR) is 125 cm³/mol. The Morgan fingerprint density at radius 2 is 1.87 bits per heavy atom. The average molecular weight is 463 g/mol. The van der Waals surface area contributed by atoms with E-state index in [2.05, 4.69) is 41.5 Å². The van der Waals surface area contributed by atoms with Gasteiger partial charge in [0, 0.05) is 18.8 Å². The third kappa shape index (κ3) is 6.43. The number of esters is 1. The van der Waals surface area contributed by atoms with Crippen molar-refractivity contribution in [3.8, 4) is 0 Å². The molecule has 1 fully saturated rings. The summed E-state index contributed by atoms with van der Waals surface area (Å²) in [6.07, 6.45) is 1.31. The van der Waals surface area contributed by atoms with E-state index in [1.807, 2.05) is 30.9 Å². The molecule has 0 aliphatic carbocycles. The number of rotatable bonds is 8. The molecule has 1 aliphatic rings. The van der Waals surface area contributed by atoms with Crippen molar-refractivity contribution < 1.29 is 14.3 Å². The van der Waals surface area contributed by atoms with Crippen LogP contribution in [0.25, 0.3) is 0 Å². The van der Waals surface area contributed by atoms with Gasteiger partial charge in [-0.2, -0.15) is 0 Å². The number of nitrogens with one attached hydrogen (secondary N) is 1. The molecule has 1 aromatic carbocycles. The van der Waals surface area contributed by atoms with Gasteiger partial charge in [0.2, 0.25) is 11.0 Å². The maximum Gasteiger partial charge on any atom is 0.309 e. The topological polar surface area (TPSA) is 84.4 Å². The molecule has 0 saturated carbocycles. The summed E-state index contributed by atoms with van der Waals surface area (Å²) in [6.45, 7) is 9.61. The number of carbonyl (C=O) groups is 2. The van der Waals surface area contributed by atoms with Gasteiger partial charge in [-0.05, 0) is 50.3 Å². The van der Waals surface area contributed by atoms with Crippen LogP contribution in [0.15, 0.2) is 28.6 Å². The first kappa shape index (κ1) is 23.5. The Balaban J connectivity index is 1.49. The van der Waals surface area contributed by atoms with Gasteiger partial charge >= 0.3 is 5.97 Å². The molecule has 168 valence electrons. The zero-order valence-corrected chi connectivity index (χ0v) is 20.1. The zero-order chi connectivity index (χ0) is 22.4. The van der Waals surface area contributed by atoms with Crippen LogP contribution in [0, 0.1) is 5.92 Å². The van der Waals surface area contributed by atoms with E-state index in [1.165, 1.54) is 28.7 Å². The van der Waals surface area contributed by atoms with Crippen molar-refractivity contribution in [3.63, 3.8) is 0 Å². The van der Waals surface area contributed by atoms with Gasteiger partial charge in [-0.1, -0.05) is 49.1 Å². The van der Waals surface area contributed by atoms with Gasteiger partial charge in [0.25, 0.3) is 0 Å². The number of thioether (sulfide) groups is 1. The maximum atomic E-state index is 12.8. The first-order valence-corrected chi connectivity index (χ1v) is 12.4. The van der Waals surface area contributed by atoms with Crippen LogP contribution < -0.4 is 5.32 Å². The van der Waals surface area contributed by atoms with Crippen molar-refractivity contribution in [2.75, 3.05) is 25.0 Å². The minimum Gasteiger partial charge on any atom is -0.466 e. The molecule has 1 atom stereocenters. The second-order valence-corrected chi connectivity index (χ2v) is 10.5. The Kier molecular flexibility index (Phi) is 8.31. The number of amides is 1. The first-order valence-electron chi connectivity index (χ1n) is 10.7. The molecule has 9 heteroatoms. The molecule has 0 radical (unpaired) electrons. The highest BCUT2D eigenvalue weighted by Crippen LogP contribution is 2.32. The number of hydrogen-bond donors (Lipinski definition) is 1. The van der Waals surface area contributed by atoms with Crippen molar-refractivity contribution in [2.24, 2.45) is 5.92 Å². The van der Waals surface area contributed by atoms with E-state index in [4.69, 9.17) is 4.74 Å². The van der Waals surface area contributed by atoms with Gasteiger partial charge in [0.05, 0.1) is 17.8 Å². The van der Waals surface area contributed by atoms with Crippen molar-refractivity contribution in [1.29, 1.82) is 0 Å². The number of carbonyl (C=O) groups excluding carboxylic acids is 2. The molecular formula is C22H30N4O3S2. The van der Waals surface area contributed by atoms with Gasteiger partial charge in [-0.3, -0.25) is 9.59 Å². The molecule has 1 amide bonds. The third-order valence-corrected chi connectivity index (χ3v) is 7.30. The van der Waals surface area contributed by atoms with Gasteiger partial charge < -0.3 is 15.0 Å². The van der Waals surface area contributed by atoms with Crippen LogP contribution in [0.2, 0.25) is 0 Å². The van der Waals surface area contributed by atoms with E-state index in [0.717, 1.165) is 10.0 Å². The second-order valence-electron chi connectivity index (χ2n) is 7.89. The van der Waals surface area contributed by atoms with Crippen LogP contribution >= 0.6 is 23.1 Å². The fourth-order valence-corrected chi connectivity index (χ4v) is 5.44. The lowest BCUT2D eigenvalue weighted by Gasteiger charge is -2.32. The normalized spacial score (nSPS) is 15.7. The van der Waals surface area contributed by atoms with E-state index in [9.17, 15) is 9.59 Å². The van der Waals surface area contributed by atoms with E-state index in [1.54, 1.807) is 0 Å². The highest BCUT2D eigenvalue weighted by Gasteiger charge is 2.30. The van der Waals surface area contributed by atoms with Crippen LogP contribution in [0.3, 0.4) is 0 Å². The molecule has 0 unspecified atom stereocenters. The lowest BCUT2D eigenvalue weighted by Crippen LogP contribution is -2.43. The minimum absolute atomic E-state index is 0.0706. The summed E-state index contributed by atoms with van der Waals surface area (Å²) >= 11 is 2.86. The highest BCUT2D eigenvalue weighted by atomic mass is 32.2. The SMILES string of the molecule is CCOC(=O)C1CCN(C(=O)[C@H](C)Sc2nnc(Nc3ccc(C(C)C)cc3)s2)CC1. The summed E-state index contributed by atoms with van der Waals surface area (Å²) in [5, 5.41) is 12.1. The lowest BCUT2D eigenvalue weighted by atomic mass is 9.97. The molecule has 2 heterocycles. The Morgan fingerprint density at radius 3 is 2.48 bits per heavy atom. The number of benzene rings is 1. The molecule has 0 bridgehead atoms. The molecular weight excluding hydrogens is 432 g/mol. The van der Waals surface area contributed by atoms with Gasteiger partial charge in [-0.25, -0.2) is 0 Å². The van der Waals surface area contributed by atoms with Gasteiger partial charge in [0.15, 0.2) is 4.34 Å². The summed E-state index contributed by atoms with van der Waals surface area (Å²) in [5.74, 6) is 0.318. The van der Waals surface area contributed by atoms with E-state index in [0.29, 0.717) is 43.6 Å². The van der Waals surface area contributed by atoms with E-state index in [-0.39, 0.29) is 23.0 Å². The van der Waals surface area contributed by atoms with E-state index < -0.39 is 0 Å². The van der Waals surface area contributed by atoms with E-state index >= 15 is 0 Å². The van der Waals surface area contributed by atoms with Crippen LogP contribution in [0.5, 0.6) is 0 Å². The minimum atomic E-state index is -0.259. The molecule has 31 heavy (non-hydrogen) atoms. The molecule has 1 aliphatic heterocycles. The van der Waals surface area contributed by atoms with Crippen molar-refractivity contribution >= 4 is 45.8 Å². The smallest absolute Gasteiger partial charge is 0.309 e. The third-order valence-electron chi connectivity index (χ3n) is 5.29. The Labute approximate surface area is 192 Å². The Bertz CT molecular complexity index is 877. The summed E-state index contributed by atoms with van der Waals surface area (Å²) in [7, 11) is 0. The standard InChI is InChI=1S/C22H30N4O3S2/c1-5-29-20(28)17-10-12-26(13-11-17)19(27)15(4)30-22-25-24-21(31-22)23-18-8-6-16(7-9-18)14(2)3/h6-9,14-15,17H,5,10-13H2,1-4H3,(H,23,24)/t15-/m0/s1. The van der Waals surface area contributed by atoms with Gasteiger partial charge in [-0.15, -0.1) is 10.2 Å². The van der Waals surface area contributed by atoms with Crippen molar-refractivity contribution in [3.05, 3.63) is 29.8 Å². The number of piperidine rings is 1. The van der Waals surface area contributed by atoms with Gasteiger partial charge in [0.1, 0.15) is 0 Å². The summed E-state index contributed by atoms with van der Waals surface area (Å²) in [6, 6.07) is 8.29. The predicted octanol–water partition coefficient (Wildman–Crippen LogP) is 4.69. The summed E-state index contributed by atoms with van der Waals surface area (Å²) in [4.78, 5) is 26.5. The quantitative estimate of drug-likeness (QED) is 0.450. The number of ether oxygens (including phenoxy) is 1. The number of nitrogens with zero attached hydrogens (tertiary/aromatic N) is 3. The Morgan fingerprint density at radius 1 is 1.19 bits per heavy atom. The van der Waals surface area contributed by atoms with Crippen molar-refractivity contribution in [2.45, 2.75) is 56.0 Å². The van der Waals surface area contributed by atoms with Crippen molar-refractivity contribution in [1.82, 2.24) is 15.1 Å². The summed E-state index contributed by atoms with van der Waals surface area (Å²) in [5.41, 5.74) is 2.25. The maximum absolute atomic E-state index is 12.8. The fraction of sp³-hybridized carbons (Fsp3) is 0.545. The largest absolute Gasteiger partial charge is 0.466 e. The molecule has 3 rings (SSSR count). The first-order chi connectivity index (χ1) is 14.9. The number of anilines is 2.